The Morgan fingerprint density at radius 2 is 0.836 bits per heavy atom. The summed E-state index contributed by atoms with van der Waals surface area (Å²) >= 11 is 0. The SMILES string of the molecule is C=C/C=C(\C=C/CC)c1cc(-c2ccccc2)cc(-c2cc(-c3ccccc3)cc(-c3cc(/C(C=C=CC)=C/C)cc(-c4ccccc4)c3)c2)c1.CC.CC. The number of rotatable bonds is 11. The molecule has 0 aliphatic carbocycles. The van der Waals surface area contributed by atoms with E-state index in [4.69, 9.17) is 0 Å². The van der Waals surface area contributed by atoms with Crippen LogP contribution in [0.5, 0.6) is 0 Å². The highest BCUT2D eigenvalue weighted by atomic mass is 14.2. The Morgan fingerprint density at radius 3 is 1.18 bits per heavy atom. The molecule has 0 bridgehead atoms. The largest absolute Gasteiger partial charge is 0.125 e. The first-order chi connectivity index (χ1) is 27.1. The third-order valence-electron chi connectivity index (χ3n) is 9.00. The lowest BCUT2D eigenvalue weighted by atomic mass is 9.88. The molecule has 0 heteroatoms. The van der Waals surface area contributed by atoms with Crippen molar-refractivity contribution in [3.8, 4) is 55.6 Å². The third kappa shape index (κ3) is 11.2. The molecule has 276 valence electrons. The molecule has 0 N–H and O–H groups in total. The van der Waals surface area contributed by atoms with Crippen LogP contribution >= 0.6 is 0 Å². The second-order valence-electron chi connectivity index (χ2n) is 12.5. The van der Waals surface area contributed by atoms with E-state index in [9.17, 15) is 0 Å². The van der Waals surface area contributed by atoms with E-state index in [0.717, 1.165) is 50.9 Å². The molecule has 6 rings (SSSR count). The molecule has 0 fully saturated rings. The van der Waals surface area contributed by atoms with Crippen LogP contribution in [-0.2, 0) is 0 Å². The Bertz CT molecular complexity index is 2270. The van der Waals surface area contributed by atoms with Crippen LogP contribution in [0.2, 0.25) is 0 Å². The molecule has 0 radical (unpaired) electrons. The van der Waals surface area contributed by atoms with E-state index in [1.807, 2.05) is 46.8 Å². The summed E-state index contributed by atoms with van der Waals surface area (Å²) < 4.78 is 0. The highest BCUT2D eigenvalue weighted by Crippen LogP contribution is 2.38. The van der Waals surface area contributed by atoms with Crippen LogP contribution in [0.4, 0.5) is 0 Å². The molecule has 0 heterocycles. The lowest BCUT2D eigenvalue weighted by molar-refractivity contribution is 1.22. The zero-order valence-corrected chi connectivity index (χ0v) is 33.8. The molecule has 55 heavy (non-hydrogen) atoms. The summed E-state index contributed by atoms with van der Waals surface area (Å²) in [4.78, 5) is 0. The normalized spacial score (nSPS) is 11.0. The van der Waals surface area contributed by atoms with Crippen molar-refractivity contribution in [1.29, 1.82) is 0 Å². The van der Waals surface area contributed by atoms with Gasteiger partial charge in [0.25, 0.3) is 0 Å². The van der Waals surface area contributed by atoms with Gasteiger partial charge in [-0.15, -0.1) is 5.73 Å². The van der Waals surface area contributed by atoms with Crippen molar-refractivity contribution in [2.24, 2.45) is 0 Å². The first-order valence-electron chi connectivity index (χ1n) is 19.8. The maximum Gasteiger partial charge on any atom is -0.0128 e. The van der Waals surface area contributed by atoms with E-state index in [-0.39, 0.29) is 0 Å². The van der Waals surface area contributed by atoms with Crippen LogP contribution in [0.1, 0.15) is 66.0 Å². The monoisotopic (exact) mass is 716 g/mol. The second kappa shape index (κ2) is 22.1. The van der Waals surface area contributed by atoms with Crippen LogP contribution in [0, 0.1) is 0 Å². The van der Waals surface area contributed by atoms with Crippen molar-refractivity contribution in [1.82, 2.24) is 0 Å². The van der Waals surface area contributed by atoms with Gasteiger partial charge < -0.3 is 0 Å². The first-order valence-corrected chi connectivity index (χ1v) is 19.8. The second-order valence-corrected chi connectivity index (χ2v) is 12.5. The van der Waals surface area contributed by atoms with Crippen molar-refractivity contribution in [2.75, 3.05) is 0 Å². The molecular weight excluding hydrogens is 661 g/mol. The van der Waals surface area contributed by atoms with E-state index >= 15 is 0 Å². The van der Waals surface area contributed by atoms with Crippen molar-refractivity contribution in [2.45, 2.75) is 54.9 Å². The number of benzene rings is 6. The zero-order valence-electron chi connectivity index (χ0n) is 33.8. The zero-order chi connectivity index (χ0) is 39.4. The van der Waals surface area contributed by atoms with Gasteiger partial charge in [0.2, 0.25) is 0 Å². The van der Waals surface area contributed by atoms with Crippen LogP contribution < -0.4 is 0 Å². The quantitative estimate of drug-likeness (QED) is 0.0925. The van der Waals surface area contributed by atoms with Gasteiger partial charge >= 0.3 is 0 Å². The number of hydrogen-bond donors (Lipinski definition) is 0. The Morgan fingerprint density at radius 1 is 0.491 bits per heavy atom. The van der Waals surface area contributed by atoms with Crippen molar-refractivity contribution in [3.05, 3.63) is 212 Å². The third-order valence-corrected chi connectivity index (χ3v) is 9.00. The molecule has 0 nitrogen and oxygen atoms in total. The first kappa shape index (κ1) is 41.6. The standard InChI is InChI=1S/C51H44.2C2H6/c1-5-9-21-38(8-4)43-29-45(40-23-14-11-15-24-40)33-48(30-43)50-35-47(42-27-18-13-19-28-42)36-51(37-50)49-32-44(39(20-7-3)22-10-6-2)31-46(34-49)41-25-16-12-17-26-41;2*1-2/h5,7-8,10-37H,3,6H2,1-2,4H3;2*1-2H3/b22-10-,38-8+,39-20+;;. The van der Waals surface area contributed by atoms with Crippen LogP contribution in [0.3, 0.4) is 0 Å². The molecule has 6 aromatic rings. The van der Waals surface area contributed by atoms with E-state index in [1.165, 1.54) is 33.4 Å². The molecule has 6 aromatic carbocycles. The fraction of sp³-hybridized carbons (Fsp3) is 0.145. The van der Waals surface area contributed by atoms with Crippen molar-refractivity contribution in [3.63, 3.8) is 0 Å². The van der Waals surface area contributed by atoms with E-state index < -0.39 is 0 Å². The lowest BCUT2D eigenvalue weighted by Gasteiger charge is -2.16. The molecule has 0 aliphatic heterocycles. The molecule has 0 aliphatic rings. The van der Waals surface area contributed by atoms with Crippen molar-refractivity contribution >= 4 is 11.1 Å². The summed E-state index contributed by atoms with van der Waals surface area (Å²) in [5.74, 6) is 0. The average Bonchev–Trinajstić information content (AvgIpc) is 3.27. The smallest absolute Gasteiger partial charge is 0.0128 e. The number of allylic oxidation sites excluding steroid dienone is 8. The van der Waals surface area contributed by atoms with Crippen LogP contribution in [0.15, 0.2) is 200 Å². The van der Waals surface area contributed by atoms with Gasteiger partial charge in [-0.3, -0.25) is 0 Å². The Labute approximate surface area is 332 Å². The van der Waals surface area contributed by atoms with E-state index in [1.54, 1.807) is 0 Å². The van der Waals surface area contributed by atoms with E-state index in [2.05, 4.69) is 202 Å². The highest BCUT2D eigenvalue weighted by molar-refractivity contribution is 5.89. The lowest BCUT2D eigenvalue weighted by Crippen LogP contribution is -1.92. The summed E-state index contributed by atoms with van der Waals surface area (Å²) in [5.41, 5.74) is 19.6. The summed E-state index contributed by atoms with van der Waals surface area (Å²) in [7, 11) is 0. The molecule has 0 atom stereocenters. The number of hydrogen-bond acceptors (Lipinski definition) is 0. The average molecular weight is 717 g/mol. The molecule has 0 unspecified atom stereocenters. The fourth-order valence-corrected chi connectivity index (χ4v) is 6.40. The molecule has 0 saturated heterocycles. The predicted octanol–water partition coefficient (Wildman–Crippen LogP) is 16.7. The topological polar surface area (TPSA) is 0 Å². The minimum absolute atomic E-state index is 0.964. The van der Waals surface area contributed by atoms with E-state index in [0.29, 0.717) is 0 Å². The Hall–Kier alpha value is -6.20. The molecule has 0 amide bonds. The van der Waals surface area contributed by atoms with Crippen molar-refractivity contribution < 1.29 is 0 Å². The maximum atomic E-state index is 4.03. The molecular formula is C55H56. The molecule has 0 aromatic heterocycles. The van der Waals surface area contributed by atoms with Gasteiger partial charge in [-0.2, -0.15) is 0 Å². The maximum absolute atomic E-state index is 4.03. The summed E-state index contributed by atoms with van der Waals surface area (Å²) in [6, 6.07) is 52.9. The predicted molar refractivity (Wildman–Crippen MR) is 246 cm³/mol. The van der Waals surface area contributed by atoms with Gasteiger partial charge in [0.1, 0.15) is 0 Å². The van der Waals surface area contributed by atoms with Crippen LogP contribution in [-0.4, -0.2) is 0 Å². The van der Waals surface area contributed by atoms with Gasteiger partial charge in [-0.1, -0.05) is 163 Å². The van der Waals surface area contributed by atoms with Gasteiger partial charge in [0.15, 0.2) is 0 Å². The fourth-order valence-electron chi connectivity index (χ4n) is 6.40. The highest BCUT2D eigenvalue weighted by Gasteiger charge is 2.14. The molecule has 0 saturated carbocycles. The van der Waals surface area contributed by atoms with Crippen LogP contribution in [0.25, 0.3) is 66.8 Å². The van der Waals surface area contributed by atoms with Gasteiger partial charge in [0, 0.05) is 0 Å². The summed E-state index contributed by atoms with van der Waals surface area (Å²) in [6.07, 6.45) is 15.5. The minimum atomic E-state index is 0.964. The minimum Gasteiger partial charge on any atom is -0.125 e. The summed E-state index contributed by atoms with van der Waals surface area (Å²) in [5, 5.41) is 0. The molecule has 0 spiro atoms. The Kier molecular flexibility index (Phi) is 16.7. The van der Waals surface area contributed by atoms with Gasteiger partial charge in [-0.05, 0) is 165 Å². The Balaban J connectivity index is 0.00000163. The summed E-state index contributed by atoms with van der Waals surface area (Å²) in [6.45, 7) is 18.3. The van der Waals surface area contributed by atoms with Gasteiger partial charge in [-0.25, -0.2) is 0 Å². The van der Waals surface area contributed by atoms with Gasteiger partial charge in [0.05, 0.1) is 0 Å².